The number of rotatable bonds is 42. The average Bonchev–Trinajstić information content (AvgIpc) is 3.15. The van der Waals surface area contributed by atoms with Gasteiger partial charge in [-0.3, -0.25) is 9.59 Å². The molecule has 2 atom stereocenters. The summed E-state index contributed by atoms with van der Waals surface area (Å²) in [5.74, 6) is -1.46. The molecule has 0 aromatic rings. The van der Waals surface area contributed by atoms with E-state index >= 15 is 0 Å². The second kappa shape index (κ2) is 39.6. The summed E-state index contributed by atoms with van der Waals surface area (Å²) in [6.07, 6.45) is 43.5. The first-order valence-corrected chi connectivity index (χ1v) is 23.4. The van der Waals surface area contributed by atoms with E-state index in [2.05, 4.69) is 38.2 Å². The molecule has 0 saturated carbocycles. The topological polar surface area (TPSA) is 99.1 Å². The van der Waals surface area contributed by atoms with Gasteiger partial charge in [-0.2, -0.15) is 0 Å². The summed E-state index contributed by atoms with van der Waals surface area (Å²) in [6, 6.07) is -0.613. The Morgan fingerprint density at radius 3 is 1.39 bits per heavy atom. The maximum atomic E-state index is 12.7. The monoisotopic (exact) mass is 793 g/mol. The van der Waals surface area contributed by atoms with E-state index in [4.69, 9.17) is 14.2 Å². The minimum Gasteiger partial charge on any atom is -0.477 e. The fourth-order valence-corrected chi connectivity index (χ4v) is 6.95. The van der Waals surface area contributed by atoms with Crippen LogP contribution >= 0.6 is 0 Å². The van der Waals surface area contributed by atoms with Crippen molar-refractivity contribution in [2.75, 3.05) is 41.0 Å². The van der Waals surface area contributed by atoms with Gasteiger partial charge in [0.15, 0.2) is 12.1 Å². The summed E-state index contributed by atoms with van der Waals surface area (Å²) in [4.78, 5) is 37.0. The first-order valence-electron chi connectivity index (χ1n) is 23.4. The number of carbonyl (C=O) groups excluding carboxylic acids is 2. The van der Waals surface area contributed by atoms with Crippen molar-refractivity contribution < 1.29 is 38.2 Å². The Bertz CT molecular complexity index is 973. The number of ether oxygens (including phenoxy) is 3. The lowest BCUT2D eigenvalue weighted by atomic mass is 10.0. The van der Waals surface area contributed by atoms with Crippen LogP contribution in [0.25, 0.3) is 0 Å². The smallest absolute Gasteiger partial charge is 0.362 e. The van der Waals surface area contributed by atoms with Crippen molar-refractivity contribution in [1.82, 2.24) is 0 Å². The number of carboxylic acids is 1. The predicted molar refractivity (Wildman–Crippen MR) is 234 cm³/mol. The molecule has 328 valence electrons. The van der Waals surface area contributed by atoms with Crippen LogP contribution in [-0.4, -0.2) is 80.6 Å². The van der Waals surface area contributed by atoms with Gasteiger partial charge >= 0.3 is 17.9 Å². The molecule has 0 heterocycles. The first kappa shape index (κ1) is 53.8. The number of hydrogen-bond donors (Lipinski definition) is 1. The zero-order valence-corrected chi connectivity index (χ0v) is 37.3. The number of allylic oxidation sites excluding steroid dienone is 4. The molecule has 0 aliphatic carbocycles. The Morgan fingerprint density at radius 2 is 0.946 bits per heavy atom. The highest BCUT2D eigenvalue weighted by atomic mass is 16.6. The highest BCUT2D eigenvalue weighted by molar-refractivity contribution is 5.72. The molecule has 0 radical (unpaired) electrons. The summed E-state index contributed by atoms with van der Waals surface area (Å²) < 4.78 is 17.3. The molecular weight excluding hydrogens is 703 g/mol. The molecule has 0 fully saturated rings. The van der Waals surface area contributed by atoms with Gasteiger partial charge < -0.3 is 23.8 Å². The van der Waals surface area contributed by atoms with Gasteiger partial charge in [0.05, 0.1) is 34.4 Å². The number of nitrogens with zero attached hydrogens (tertiary/aromatic N) is 1. The maximum absolute atomic E-state index is 12.7. The van der Waals surface area contributed by atoms with Crippen molar-refractivity contribution in [3.05, 3.63) is 24.3 Å². The maximum Gasteiger partial charge on any atom is 0.362 e. The molecule has 0 rings (SSSR count). The molecule has 0 spiro atoms. The van der Waals surface area contributed by atoms with Gasteiger partial charge in [-0.05, 0) is 44.9 Å². The molecule has 0 aliphatic heterocycles. The fraction of sp³-hybridized carbons (Fsp3) is 0.854. The molecule has 0 saturated heterocycles. The third-order valence-corrected chi connectivity index (χ3v) is 10.6. The van der Waals surface area contributed by atoms with Crippen LogP contribution < -0.4 is 0 Å². The van der Waals surface area contributed by atoms with Gasteiger partial charge in [0.25, 0.3) is 0 Å². The number of hydrogen-bond acceptors (Lipinski definition) is 6. The highest BCUT2D eigenvalue weighted by Gasteiger charge is 2.31. The van der Waals surface area contributed by atoms with E-state index in [-0.39, 0.29) is 36.2 Å². The van der Waals surface area contributed by atoms with Gasteiger partial charge in [-0.1, -0.05) is 173 Å². The number of likely N-dealkylation sites (N-methyl/N-ethyl adjacent to an activating group) is 1. The number of aliphatic carboxylic acids is 1. The van der Waals surface area contributed by atoms with Crippen LogP contribution in [0.1, 0.15) is 213 Å². The Kier molecular flexibility index (Phi) is 38.1. The van der Waals surface area contributed by atoms with Gasteiger partial charge in [-0.25, -0.2) is 4.79 Å². The number of quaternary nitrogens is 1. The SMILES string of the molecule is CCCCCC/C=C\C/C=C\CCCCCCCCCC(=O)OC(COCCC(C(=O)O)[N+](C)(C)C)COC(=O)CCCCCCCCCCCCCCCC. The Hall–Kier alpha value is -2.19. The average molecular weight is 793 g/mol. The number of carboxylic acid groups (broad SMARTS) is 1. The van der Waals surface area contributed by atoms with E-state index in [0.717, 1.165) is 51.4 Å². The molecule has 0 bridgehead atoms. The van der Waals surface area contributed by atoms with Crippen LogP contribution in [0.2, 0.25) is 0 Å². The van der Waals surface area contributed by atoms with Crippen molar-refractivity contribution >= 4 is 17.9 Å². The summed E-state index contributed by atoms with van der Waals surface area (Å²) in [7, 11) is 5.53. The van der Waals surface area contributed by atoms with E-state index in [1.165, 1.54) is 128 Å². The molecule has 8 nitrogen and oxygen atoms in total. The van der Waals surface area contributed by atoms with Crippen LogP contribution in [0.3, 0.4) is 0 Å². The van der Waals surface area contributed by atoms with Crippen molar-refractivity contribution in [1.29, 1.82) is 0 Å². The standard InChI is InChI=1S/C48H89NO7/c1-6-8-10-12-14-16-18-20-22-23-24-25-27-29-31-33-35-37-39-47(51)56-44(42-54-41-40-45(48(52)53)49(3,4)5)43-55-46(50)38-36-34-32-30-28-26-21-19-17-15-13-11-9-7-2/h16,18,22-23,44-45H,6-15,17,19-21,24-43H2,1-5H3/p+1/b18-16-,23-22-. The second-order valence-corrected chi connectivity index (χ2v) is 17.0. The third-order valence-electron chi connectivity index (χ3n) is 10.6. The van der Waals surface area contributed by atoms with Crippen molar-refractivity contribution in [3.8, 4) is 0 Å². The Morgan fingerprint density at radius 1 is 0.536 bits per heavy atom. The largest absolute Gasteiger partial charge is 0.477 e. The first-order chi connectivity index (χ1) is 27.1. The lowest BCUT2D eigenvalue weighted by Gasteiger charge is -2.31. The van der Waals surface area contributed by atoms with Gasteiger partial charge in [0, 0.05) is 19.3 Å². The number of unbranched alkanes of at least 4 members (excludes halogenated alkanes) is 24. The minimum atomic E-state index is -0.874. The van der Waals surface area contributed by atoms with Crippen molar-refractivity contribution in [3.63, 3.8) is 0 Å². The Labute approximate surface area is 345 Å². The molecule has 0 aromatic carbocycles. The van der Waals surface area contributed by atoms with E-state index in [9.17, 15) is 19.5 Å². The molecule has 56 heavy (non-hydrogen) atoms. The lowest BCUT2D eigenvalue weighted by molar-refractivity contribution is -0.887. The van der Waals surface area contributed by atoms with Gasteiger partial charge in [-0.15, -0.1) is 0 Å². The molecule has 8 heteroatoms. The molecule has 1 N–H and O–H groups in total. The summed E-state index contributed by atoms with van der Waals surface area (Å²) in [5.41, 5.74) is 0. The normalized spacial score (nSPS) is 13.1. The highest BCUT2D eigenvalue weighted by Crippen LogP contribution is 2.15. The molecule has 0 amide bonds. The lowest BCUT2D eigenvalue weighted by Crippen LogP contribution is -2.50. The van der Waals surface area contributed by atoms with Gasteiger partial charge in [0.1, 0.15) is 6.61 Å². The number of carbonyl (C=O) groups is 3. The fourth-order valence-electron chi connectivity index (χ4n) is 6.95. The molecule has 2 unspecified atom stereocenters. The molecule has 0 aliphatic rings. The summed E-state index contributed by atoms with van der Waals surface area (Å²) in [5, 5.41) is 9.63. The quantitative estimate of drug-likeness (QED) is 0.0284. The zero-order chi connectivity index (χ0) is 41.4. The number of esters is 2. The van der Waals surface area contributed by atoms with E-state index in [1.54, 1.807) is 0 Å². The van der Waals surface area contributed by atoms with Crippen LogP contribution in [0.4, 0.5) is 0 Å². The van der Waals surface area contributed by atoms with Crippen LogP contribution in [-0.2, 0) is 28.6 Å². The van der Waals surface area contributed by atoms with Crippen LogP contribution in [0.15, 0.2) is 24.3 Å². The minimum absolute atomic E-state index is 0.0497. The van der Waals surface area contributed by atoms with E-state index in [1.807, 2.05) is 21.1 Å². The Balaban J connectivity index is 4.31. The van der Waals surface area contributed by atoms with E-state index in [0.29, 0.717) is 19.3 Å². The van der Waals surface area contributed by atoms with Crippen LogP contribution in [0.5, 0.6) is 0 Å². The van der Waals surface area contributed by atoms with E-state index < -0.39 is 18.1 Å². The van der Waals surface area contributed by atoms with Crippen molar-refractivity contribution in [2.24, 2.45) is 0 Å². The van der Waals surface area contributed by atoms with Crippen LogP contribution in [0, 0.1) is 0 Å². The molecule has 0 aromatic heterocycles. The van der Waals surface area contributed by atoms with Gasteiger partial charge in [0.2, 0.25) is 0 Å². The second-order valence-electron chi connectivity index (χ2n) is 17.0. The summed E-state index contributed by atoms with van der Waals surface area (Å²) in [6.45, 7) is 4.73. The third kappa shape index (κ3) is 37.4. The zero-order valence-electron chi connectivity index (χ0n) is 37.3. The summed E-state index contributed by atoms with van der Waals surface area (Å²) >= 11 is 0. The molecular formula is C48H90NO7+. The predicted octanol–water partition coefficient (Wildman–Crippen LogP) is 12.9. The van der Waals surface area contributed by atoms with Crippen molar-refractivity contribution in [2.45, 2.75) is 225 Å².